The van der Waals surface area contributed by atoms with Crippen LogP contribution in [0.25, 0.3) is 0 Å². The highest BCUT2D eigenvalue weighted by atomic mass is 19.1. The van der Waals surface area contributed by atoms with Gasteiger partial charge in [0.2, 0.25) is 5.91 Å². The van der Waals surface area contributed by atoms with E-state index in [1.165, 1.54) is 18.2 Å². The Hall–Kier alpha value is -4.51. The van der Waals surface area contributed by atoms with Gasteiger partial charge >= 0.3 is 6.03 Å². The van der Waals surface area contributed by atoms with Crippen molar-refractivity contribution in [3.8, 4) is 6.07 Å². The quantitative estimate of drug-likeness (QED) is 0.550. The van der Waals surface area contributed by atoms with Crippen molar-refractivity contribution in [1.29, 1.82) is 5.26 Å². The summed E-state index contributed by atoms with van der Waals surface area (Å²) in [5.74, 6) is -1.94. The monoisotopic (exact) mass is 456 g/mol. The molecule has 1 N–H and O–H groups in total. The average molecular weight is 456 g/mol. The van der Waals surface area contributed by atoms with E-state index in [-0.39, 0.29) is 18.7 Å². The van der Waals surface area contributed by atoms with Crippen LogP contribution in [-0.4, -0.2) is 35.8 Å². The molecule has 1 fully saturated rings. The Morgan fingerprint density at radius 3 is 2.06 bits per heavy atom. The lowest BCUT2D eigenvalue weighted by Crippen LogP contribution is -2.47. The number of hydrogen-bond acceptors (Lipinski definition) is 4. The predicted molar refractivity (Wildman–Crippen MR) is 123 cm³/mol. The van der Waals surface area contributed by atoms with Crippen LogP contribution >= 0.6 is 0 Å². The third-order valence-electron chi connectivity index (χ3n) is 5.70. The van der Waals surface area contributed by atoms with Gasteiger partial charge in [0.1, 0.15) is 12.4 Å². The van der Waals surface area contributed by atoms with Gasteiger partial charge in [0, 0.05) is 6.54 Å². The number of nitrogens with one attached hydrogen (secondary N) is 1. The summed E-state index contributed by atoms with van der Waals surface area (Å²) in [7, 11) is 0. The van der Waals surface area contributed by atoms with Crippen LogP contribution in [0, 0.1) is 17.1 Å². The lowest BCUT2D eigenvalue weighted by atomic mass is 9.82. The molecule has 1 aliphatic rings. The summed E-state index contributed by atoms with van der Waals surface area (Å²) in [5, 5.41) is 11.8. The number of imide groups is 1. The topological polar surface area (TPSA) is 93.5 Å². The fourth-order valence-electron chi connectivity index (χ4n) is 4.09. The summed E-state index contributed by atoms with van der Waals surface area (Å²) in [6.45, 7) is -0.686. The Morgan fingerprint density at radius 1 is 0.941 bits per heavy atom. The first-order chi connectivity index (χ1) is 16.5. The van der Waals surface area contributed by atoms with E-state index in [0.29, 0.717) is 11.1 Å². The highest BCUT2D eigenvalue weighted by molar-refractivity contribution is 6.12. The fraction of sp³-hybridized carbons (Fsp3) is 0.154. The first-order valence-electron chi connectivity index (χ1n) is 10.7. The van der Waals surface area contributed by atoms with Crippen LogP contribution in [0.1, 0.15) is 17.5 Å². The van der Waals surface area contributed by atoms with Crippen LogP contribution in [0.4, 0.5) is 14.9 Å². The van der Waals surface area contributed by atoms with Gasteiger partial charge in [0.05, 0.1) is 18.2 Å². The number of amides is 4. The molecule has 4 amide bonds. The number of nitrogens with zero attached hydrogens (tertiary/aromatic N) is 3. The van der Waals surface area contributed by atoms with Gasteiger partial charge < -0.3 is 10.2 Å². The van der Waals surface area contributed by atoms with E-state index in [2.05, 4.69) is 5.32 Å². The first-order valence-corrected chi connectivity index (χ1v) is 10.7. The zero-order chi connectivity index (χ0) is 24.1. The normalized spacial score (nSPS) is 14.4. The molecule has 0 atom stereocenters. The van der Waals surface area contributed by atoms with Crippen LogP contribution in [0.5, 0.6) is 0 Å². The number of rotatable bonds is 7. The van der Waals surface area contributed by atoms with Crippen LogP contribution in [-0.2, 0) is 15.1 Å². The molecule has 1 saturated heterocycles. The van der Waals surface area contributed by atoms with E-state index < -0.39 is 35.7 Å². The van der Waals surface area contributed by atoms with Gasteiger partial charge in [0.15, 0.2) is 5.54 Å². The molecule has 170 valence electrons. The van der Waals surface area contributed by atoms with E-state index >= 15 is 0 Å². The van der Waals surface area contributed by atoms with Crippen molar-refractivity contribution in [2.24, 2.45) is 0 Å². The smallest absolute Gasteiger partial charge is 0.315 e. The number of halogens is 1. The van der Waals surface area contributed by atoms with Gasteiger partial charge in [-0.1, -0.05) is 72.8 Å². The molecule has 34 heavy (non-hydrogen) atoms. The fourth-order valence-corrected chi connectivity index (χ4v) is 4.09. The van der Waals surface area contributed by atoms with Gasteiger partial charge in [-0.3, -0.25) is 14.5 Å². The molecule has 0 aliphatic carbocycles. The van der Waals surface area contributed by atoms with Gasteiger partial charge in [-0.15, -0.1) is 0 Å². The van der Waals surface area contributed by atoms with E-state index in [0.717, 1.165) is 9.80 Å². The second-order valence-corrected chi connectivity index (χ2v) is 7.71. The maximum atomic E-state index is 14.4. The van der Waals surface area contributed by atoms with Gasteiger partial charge in [-0.05, 0) is 23.3 Å². The Labute approximate surface area is 196 Å². The maximum Gasteiger partial charge on any atom is 0.326 e. The molecule has 0 saturated carbocycles. The molecule has 1 aliphatic heterocycles. The minimum absolute atomic E-state index is 0.0211. The zero-order valence-corrected chi connectivity index (χ0v) is 18.1. The number of para-hydroxylation sites is 1. The second-order valence-electron chi connectivity index (χ2n) is 7.71. The molecule has 3 aromatic carbocycles. The lowest BCUT2D eigenvalue weighted by molar-refractivity contribution is -0.133. The lowest BCUT2D eigenvalue weighted by Gasteiger charge is -2.28. The van der Waals surface area contributed by atoms with Crippen molar-refractivity contribution in [2.75, 3.05) is 18.0 Å². The van der Waals surface area contributed by atoms with Gasteiger partial charge in [-0.25, -0.2) is 9.18 Å². The summed E-state index contributed by atoms with van der Waals surface area (Å²) in [6, 6.07) is 24.4. The summed E-state index contributed by atoms with van der Waals surface area (Å²) in [5.41, 5.74) is -0.433. The SMILES string of the molecule is N#CCCN(C(=O)CN1C(=O)NC(c2ccccc2)(c2ccccc2)C1=O)c1ccccc1F. The van der Waals surface area contributed by atoms with E-state index in [9.17, 15) is 18.8 Å². The molecule has 8 heteroatoms. The van der Waals surface area contributed by atoms with Crippen molar-refractivity contribution in [1.82, 2.24) is 10.2 Å². The van der Waals surface area contributed by atoms with E-state index in [4.69, 9.17) is 5.26 Å². The molecule has 3 aromatic rings. The number of hydrogen-bond donors (Lipinski definition) is 1. The molecule has 0 radical (unpaired) electrons. The minimum atomic E-state index is -1.50. The zero-order valence-electron chi connectivity index (χ0n) is 18.1. The molecule has 7 nitrogen and oxygen atoms in total. The van der Waals surface area contributed by atoms with Crippen LogP contribution in [0.2, 0.25) is 0 Å². The summed E-state index contributed by atoms with van der Waals surface area (Å²) in [4.78, 5) is 41.9. The number of carbonyl (C=O) groups is 3. The minimum Gasteiger partial charge on any atom is -0.315 e. The van der Waals surface area contributed by atoms with Gasteiger partial charge in [0.25, 0.3) is 5.91 Å². The van der Waals surface area contributed by atoms with E-state index in [1.54, 1.807) is 66.7 Å². The van der Waals surface area contributed by atoms with Crippen LogP contribution < -0.4 is 10.2 Å². The number of benzene rings is 3. The number of urea groups is 1. The van der Waals surface area contributed by atoms with Crippen molar-refractivity contribution < 1.29 is 18.8 Å². The third kappa shape index (κ3) is 3.99. The molecular formula is C26H21FN4O3. The van der Waals surface area contributed by atoms with Crippen molar-refractivity contribution in [3.05, 3.63) is 102 Å². The summed E-state index contributed by atoms with van der Waals surface area (Å²) < 4.78 is 14.4. The second kappa shape index (κ2) is 9.55. The highest BCUT2D eigenvalue weighted by Gasteiger charge is 2.54. The number of nitriles is 1. The highest BCUT2D eigenvalue weighted by Crippen LogP contribution is 2.36. The molecule has 0 spiro atoms. The Bertz CT molecular complexity index is 1220. The number of carbonyl (C=O) groups excluding carboxylic acids is 3. The molecule has 0 unspecified atom stereocenters. The third-order valence-corrected chi connectivity index (χ3v) is 5.70. The molecule has 4 rings (SSSR count). The van der Waals surface area contributed by atoms with Crippen molar-refractivity contribution >= 4 is 23.5 Å². The summed E-state index contributed by atoms with van der Waals surface area (Å²) in [6.07, 6.45) is -0.0435. The van der Waals surface area contributed by atoms with Crippen LogP contribution in [0.3, 0.4) is 0 Å². The molecule has 1 heterocycles. The Morgan fingerprint density at radius 2 is 1.50 bits per heavy atom. The summed E-state index contributed by atoms with van der Waals surface area (Å²) >= 11 is 0. The molecule has 0 bridgehead atoms. The maximum absolute atomic E-state index is 14.4. The standard InChI is InChI=1S/C26H21FN4O3/c27-21-14-7-8-15-22(21)30(17-9-16-28)23(32)18-31-24(33)26(29-25(31)34,19-10-3-1-4-11-19)20-12-5-2-6-13-20/h1-8,10-15H,9,17-18H2,(H,29,34). The number of anilines is 1. The predicted octanol–water partition coefficient (Wildman–Crippen LogP) is 3.57. The Balaban J connectivity index is 1.69. The average Bonchev–Trinajstić information content (AvgIpc) is 3.12. The van der Waals surface area contributed by atoms with Crippen molar-refractivity contribution in [3.63, 3.8) is 0 Å². The molecule has 0 aromatic heterocycles. The van der Waals surface area contributed by atoms with Crippen molar-refractivity contribution in [2.45, 2.75) is 12.0 Å². The molecular weight excluding hydrogens is 435 g/mol. The van der Waals surface area contributed by atoms with Crippen LogP contribution in [0.15, 0.2) is 84.9 Å². The largest absolute Gasteiger partial charge is 0.326 e. The Kier molecular flexibility index (Phi) is 6.37. The van der Waals surface area contributed by atoms with Gasteiger partial charge in [-0.2, -0.15) is 5.26 Å². The van der Waals surface area contributed by atoms with E-state index in [1.807, 2.05) is 6.07 Å². The first kappa shape index (κ1) is 22.7.